The SMILES string of the molecule is CC.Cn1ccc2cc(C#N)cnc21. The zero-order chi connectivity index (χ0) is 10.6. The Morgan fingerprint density at radius 3 is 2.79 bits per heavy atom. The van der Waals surface area contributed by atoms with Crippen molar-refractivity contribution < 1.29 is 0 Å². The Morgan fingerprint density at radius 2 is 2.14 bits per heavy atom. The van der Waals surface area contributed by atoms with Gasteiger partial charge in [0.2, 0.25) is 0 Å². The van der Waals surface area contributed by atoms with Crippen molar-refractivity contribution >= 4 is 11.0 Å². The summed E-state index contributed by atoms with van der Waals surface area (Å²) in [6.45, 7) is 4.00. The molecule has 0 aromatic carbocycles. The van der Waals surface area contributed by atoms with Gasteiger partial charge in [0.1, 0.15) is 11.7 Å². The molecule has 0 N–H and O–H groups in total. The van der Waals surface area contributed by atoms with Crippen LogP contribution in [0.25, 0.3) is 11.0 Å². The van der Waals surface area contributed by atoms with Crippen LogP contribution in [0.5, 0.6) is 0 Å². The maximum Gasteiger partial charge on any atom is 0.139 e. The van der Waals surface area contributed by atoms with Crippen LogP contribution in [0.1, 0.15) is 19.4 Å². The summed E-state index contributed by atoms with van der Waals surface area (Å²) in [4.78, 5) is 4.15. The number of nitrogens with zero attached hydrogens (tertiary/aromatic N) is 3. The van der Waals surface area contributed by atoms with E-state index in [0.717, 1.165) is 11.0 Å². The summed E-state index contributed by atoms with van der Waals surface area (Å²) in [6, 6.07) is 5.84. The third kappa shape index (κ3) is 1.74. The number of pyridine rings is 1. The van der Waals surface area contributed by atoms with Crippen LogP contribution in [0.3, 0.4) is 0 Å². The minimum Gasteiger partial charge on any atom is -0.336 e. The summed E-state index contributed by atoms with van der Waals surface area (Å²) in [7, 11) is 1.93. The summed E-state index contributed by atoms with van der Waals surface area (Å²) in [6.07, 6.45) is 3.52. The molecule has 14 heavy (non-hydrogen) atoms. The first-order chi connectivity index (χ1) is 6.81. The first-order valence-corrected chi connectivity index (χ1v) is 4.62. The number of aryl methyl sites for hydroxylation is 1. The zero-order valence-electron chi connectivity index (χ0n) is 8.65. The molecule has 0 aliphatic carbocycles. The van der Waals surface area contributed by atoms with Crippen LogP contribution in [-0.4, -0.2) is 9.55 Å². The lowest BCUT2D eigenvalue weighted by Crippen LogP contribution is -1.87. The van der Waals surface area contributed by atoms with E-state index in [1.54, 1.807) is 6.20 Å². The Bertz CT molecular complexity index is 463. The normalized spacial score (nSPS) is 9.00. The highest BCUT2D eigenvalue weighted by molar-refractivity contribution is 5.77. The van der Waals surface area contributed by atoms with Crippen molar-refractivity contribution in [2.75, 3.05) is 0 Å². The van der Waals surface area contributed by atoms with Crippen LogP contribution in [-0.2, 0) is 7.05 Å². The molecule has 0 amide bonds. The van der Waals surface area contributed by atoms with Crippen LogP contribution in [0, 0.1) is 11.3 Å². The zero-order valence-corrected chi connectivity index (χ0v) is 8.65. The third-order valence-corrected chi connectivity index (χ3v) is 1.84. The highest BCUT2D eigenvalue weighted by Gasteiger charge is 1.99. The van der Waals surface area contributed by atoms with Gasteiger partial charge >= 0.3 is 0 Å². The molecule has 0 spiro atoms. The van der Waals surface area contributed by atoms with E-state index in [-0.39, 0.29) is 0 Å². The molecule has 0 unspecified atom stereocenters. The van der Waals surface area contributed by atoms with Crippen LogP contribution in [0.4, 0.5) is 0 Å². The first-order valence-electron chi connectivity index (χ1n) is 4.62. The Morgan fingerprint density at radius 1 is 1.43 bits per heavy atom. The molecule has 2 aromatic heterocycles. The number of nitriles is 1. The summed E-state index contributed by atoms with van der Waals surface area (Å²) in [5.74, 6) is 0. The van der Waals surface area contributed by atoms with Gasteiger partial charge in [-0.15, -0.1) is 0 Å². The number of aromatic nitrogens is 2. The first kappa shape index (κ1) is 10.3. The molecule has 2 heterocycles. The van der Waals surface area contributed by atoms with E-state index in [9.17, 15) is 0 Å². The molecule has 0 saturated heterocycles. The molecule has 0 bridgehead atoms. The summed E-state index contributed by atoms with van der Waals surface area (Å²) < 4.78 is 1.93. The maximum absolute atomic E-state index is 8.61. The summed E-state index contributed by atoms with van der Waals surface area (Å²) >= 11 is 0. The number of hydrogen-bond donors (Lipinski definition) is 0. The Balaban J connectivity index is 0.000000461. The average molecular weight is 187 g/mol. The number of hydrogen-bond acceptors (Lipinski definition) is 2. The van der Waals surface area contributed by atoms with E-state index >= 15 is 0 Å². The van der Waals surface area contributed by atoms with Crippen LogP contribution >= 0.6 is 0 Å². The molecule has 72 valence electrons. The summed E-state index contributed by atoms with van der Waals surface area (Å²) in [5.41, 5.74) is 1.52. The highest BCUT2D eigenvalue weighted by Crippen LogP contribution is 2.12. The lowest BCUT2D eigenvalue weighted by atomic mass is 10.2. The van der Waals surface area contributed by atoms with Crippen molar-refractivity contribution in [2.45, 2.75) is 13.8 Å². The van der Waals surface area contributed by atoms with Crippen LogP contribution in [0.15, 0.2) is 24.5 Å². The highest BCUT2D eigenvalue weighted by atomic mass is 15.0. The van der Waals surface area contributed by atoms with E-state index in [1.165, 1.54) is 0 Å². The fourth-order valence-electron chi connectivity index (χ4n) is 1.22. The molecular weight excluding hydrogens is 174 g/mol. The average Bonchev–Trinajstić information content (AvgIpc) is 2.63. The van der Waals surface area contributed by atoms with E-state index in [0.29, 0.717) is 5.56 Å². The molecule has 0 radical (unpaired) electrons. The molecular formula is C11H13N3. The van der Waals surface area contributed by atoms with Gasteiger partial charge in [-0.3, -0.25) is 0 Å². The predicted octanol–water partition coefficient (Wildman–Crippen LogP) is 2.47. The fraction of sp³-hybridized carbons (Fsp3) is 0.273. The second-order valence-electron chi connectivity index (χ2n) is 2.68. The van der Waals surface area contributed by atoms with Gasteiger partial charge in [-0.1, -0.05) is 13.8 Å². The molecule has 0 aliphatic heterocycles. The Labute approximate surface area is 83.6 Å². The molecule has 0 saturated carbocycles. The van der Waals surface area contributed by atoms with Crippen molar-refractivity contribution in [2.24, 2.45) is 7.05 Å². The predicted molar refractivity (Wildman–Crippen MR) is 56.8 cm³/mol. The van der Waals surface area contributed by atoms with E-state index < -0.39 is 0 Å². The van der Waals surface area contributed by atoms with Gasteiger partial charge in [0.05, 0.1) is 5.56 Å². The van der Waals surface area contributed by atoms with Gasteiger partial charge in [-0.25, -0.2) is 4.98 Å². The molecule has 0 atom stereocenters. The standard InChI is InChI=1S/C9H7N3.C2H6/c1-12-3-2-8-4-7(5-10)6-11-9(8)12;1-2/h2-4,6H,1H3;1-2H3. The van der Waals surface area contributed by atoms with E-state index in [1.807, 2.05) is 43.8 Å². The smallest absolute Gasteiger partial charge is 0.139 e. The second kappa shape index (κ2) is 4.43. The van der Waals surface area contributed by atoms with Crippen molar-refractivity contribution in [3.63, 3.8) is 0 Å². The lowest BCUT2D eigenvalue weighted by Gasteiger charge is -1.93. The molecule has 3 heteroatoms. The lowest BCUT2D eigenvalue weighted by molar-refractivity contribution is 0.948. The van der Waals surface area contributed by atoms with Gasteiger partial charge in [0, 0.05) is 24.8 Å². The van der Waals surface area contributed by atoms with Gasteiger partial charge in [-0.05, 0) is 12.1 Å². The van der Waals surface area contributed by atoms with Crippen LogP contribution in [0.2, 0.25) is 0 Å². The van der Waals surface area contributed by atoms with Crippen LogP contribution < -0.4 is 0 Å². The third-order valence-electron chi connectivity index (χ3n) is 1.84. The minimum absolute atomic E-state index is 0.605. The minimum atomic E-state index is 0.605. The topological polar surface area (TPSA) is 41.6 Å². The van der Waals surface area contributed by atoms with Gasteiger partial charge in [-0.2, -0.15) is 5.26 Å². The van der Waals surface area contributed by atoms with Gasteiger partial charge in [0.25, 0.3) is 0 Å². The van der Waals surface area contributed by atoms with Crippen molar-refractivity contribution in [1.82, 2.24) is 9.55 Å². The fourth-order valence-corrected chi connectivity index (χ4v) is 1.22. The monoisotopic (exact) mass is 187 g/mol. The quantitative estimate of drug-likeness (QED) is 0.635. The van der Waals surface area contributed by atoms with Gasteiger partial charge < -0.3 is 4.57 Å². The van der Waals surface area contributed by atoms with E-state index in [2.05, 4.69) is 11.1 Å². The number of rotatable bonds is 0. The van der Waals surface area contributed by atoms with Gasteiger partial charge in [0.15, 0.2) is 0 Å². The summed E-state index contributed by atoms with van der Waals surface area (Å²) in [5, 5.41) is 9.62. The molecule has 2 rings (SSSR count). The second-order valence-corrected chi connectivity index (χ2v) is 2.68. The largest absolute Gasteiger partial charge is 0.336 e. The van der Waals surface area contributed by atoms with Crippen molar-refractivity contribution in [1.29, 1.82) is 5.26 Å². The molecule has 0 fully saturated rings. The molecule has 3 nitrogen and oxygen atoms in total. The molecule has 2 aromatic rings. The molecule has 0 aliphatic rings. The van der Waals surface area contributed by atoms with Crippen molar-refractivity contribution in [3.05, 3.63) is 30.1 Å². The maximum atomic E-state index is 8.61. The number of fused-ring (bicyclic) bond motifs is 1. The Kier molecular flexibility index (Phi) is 3.24. The Hall–Kier alpha value is -1.82. The van der Waals surface area contributed by atoms with Crippen molar-refractivity contribution in [3.8, 4) is 6.07 Å². The van der Waals surface area contributed by atoms with E-state index in [4.69, 9.17) is 5.26 Å².